The van der Waals surface area contributed by atoms with Gasteiger partial charge < -0.3 is 10.2 Å². The van der Waals surface area contributed by atoms with Gasteiger partial charge in [-0.05, 0) is 32.5 Å². The zero-order valence-electron chi connectivity index (χ0n) is 10.5. The molecule has 0 fully saturated rings. The zero-order valence-corrected chi connectivity index (χ0v) is 11.3. The fourth-order valence-corrected chi connectivity index (χ4v) is 1.91. The van der Waals surface area contributed by atoms with Crippen molar-refractivity contribution in [2.45, 2.75) is 52.9 Å². The molecule has 90 valence electrons. The number of unbranched alkanes of at least 4 members (excludes halogenated alkanes) is 4. The van der Waals surface area contributed by atoms with Crippen molar-refractivity contribution in [2.75, 3.05) is 19.6 Å². The minimum atomic E-state index is 0.912. The van der Waals surface area contributed by atoms with Crippen LogP contribution in [0.2, 0.25) is 0 Å². The van der Waals surface area contributed by atoms with Crippen molar-refractivity contribution in [2.24, 2.45) is 0 Å². The van der Waals surface area contributed by atoms with E-state index in [9.17, 15) is 0 Å². The van der Waals surface area contributed by atoms with E-state index in [-0.39, 0.29) is 0 Å². The number of rotatable bonds is 8. The first-order valence-corrected chi connectivity index (χ1v) is 6.69. The third-order valence-corrected chi connectivity index (χ3v) is 3.01. The summed E-state index contributed by atoms with van der Waals surface area (Å²) >= 11 is 5.29. The van der Waals surface area contributed by atoms with Crippen molar-refractivity contribution in [3.05, 3.63) is 0 Å². The first-order valence-electron chi connectivity index (χ1n) is 6.29. The number of nitrogens with zero attached hydrogens (tertiary/aromatic N) is 1. The normalized spacial score (nSPS) is 10.1. The topological polar surface area (TPSA) is 15.3 Å². The Bertz CT molecular complexity index is 156. The van der Waals surface area contributed by atoms with E-state index in [1.807, 2.05) is 0 Å². The van der Waals surface area contributed by atoms with Gasteiger partial charge in [0.15, 0.2) is 5.11 Å². The van der Waals surface area contributed by atoms with Crippen LogP contribution in [0.3, 0.4) is 0 Å². The summed E-state index contributed by atoms with van der Waals surface area (Å²) in [4.78, 5) is 2.18. The predicted octanol–water partition coefficient (Wildman–Crippen LogP) is 3.17. The summed E-state index contributed by atoms with van der Waals surface area (Å²) in [7, 11) is 0. The van der Waals surface area contributed by atoms with Crippen LogP contribution in [-0.4, -0.2) is 29.6 Å². The quantitative estimate of drug-likeness (QED) is 0.509. The minimum absolute atomic E-state index is 0.912. The maximum Gasteiger partial charge on any atom is 0.168 e. The van der Waals surface area contributed by atoms with E-state index in [0.29, 0.717) is 0 Å². The molecular formula is C12H26N2S. The number of nitrogens with one attached hydrogen (secondary N) is 1. The summed E-state index contributed by atoms with van der Waals surface area (Å²) in [5, 5.41) is 4.23. The lowest BCUT2D eigenvalue weighted by Crippen LogP contribution is -2.39. The molecule has 0 aliphatic carbocycles. The van der Waals surface area contributed by atoms with Crippen LogP contribution in [0.15, 0.2) is 0 Å². The molecule has 0 amide bonds. The van der Waals surface area contributed by atoms with Crippen molar-refractivity contribution in [3.63, 3.8) is 0 Å². The van der Waals surface area contributed by atoms with Gasteiger partial charge in [0.1, 0.15) is 0 Å². The van der Waals surface area contributed by atoms with Gasteiger partial charge in [0, 0.05) is 19.6 Å². The Hall–Kier alpha value is -0.310. The third kappa shape index (κ3) is 7.60. The second-order valence-electron chi connectivity index (χ2n) is 3.82. The Balaban J connectivity index is 3.38. The van der Waals surface area contributed by atoms with Crippen LogP contribution in [0, 0.1) is 0 Å². The largest absolute Gasteiger partial charge is 0.363 e. The number of hydrogen-bond donors (Lipinski definition) is 1. The second kappa shape index (κ2) is 10.2. The van der Waals surface area contributed by atoms with E-state index in [1.54, 1.807) is 0 Å². The van der Waals surface area contributed by atoms with E-state index >= 15 is 0 Å². The molecule has 0 saturated heterocycles. The average molecular weight is 230 g/mol. The fraction of sp³-hybridized carbons (Fsp3) is 0.917. The number of hydrogen-bond acceptors (Lipinski definition) is 1. The molecule has 0 aromatic rings. The van der Waals surface area contributed by atoms with Crippen LogP contribution in [0.25, 0.3) is 0 Å². The zero-order chi connectivity index (χ0) is 11.5. The van der Waals surface area contributed by atoms with Gasteiger partial charge in [-0.25, -0.2) is 0 Å². The minimum Gasteiger partial charge on any atom is -0.363 e. The predicted molar refractivity (Wildman–Crippen MR) is 72.3 cm³/mol. The summed E-state index contributed by atoms with van der Waals surface area (Å²) < 4.78 is 0. The second-order valence-corrected chi connectivity index (χ2v) is 4.21. The molecule has 0 aliphatic heterocycles. The smallest absolute Gasteiger partial charge is 0.168 e. The molecule has 0 aromatic heterocycles. The van der Waals surface area contributed by atoms with E-state index in [2.05, 4.69) is 31.0 Å². The lowest BCUT2D eigenvalue weighted by Gasteiger charge is -2.22. The van der Waals surface area contributed by atoms with Crippen LogP contribution >= 0.6 is 12.2 Å². The maximum atomic E-state index is 5.29. The lowest BCUT2D eigenvalue weighted by molar-refractivity contribution is 0.454. The molecule has 0 bridgehead atoms. The van der Waals surface area contributed by atoms with Crippen LogP contribution in [0.5, 0.6) is 0 Å². The van der Waals surface area contributed by atoms with E-state index < -0.39 is 0 Å². The Kier molecular flexibility index (Phi) is 10.0. The van der Waals surface area contributed by atoms with Crippen molar-refractivity contribution in [3.8, 4) is 0 Å². The summed E-state index contributed by atoms with van der Waals surface area (Å²) in [6, 6.07) is 0. The average Bonchev–Trinajstić information content (AvgIpc) is 2.25. The molecule has 0 atom stereocenters. The van der Waals surface area contributed by atoms with Crippen LogP contribution < -0.4 is 5.32 Å². The third-order valence-electron chi connectivity index (χ3n) is 2.61. The summed E-state index contributed by atoms with van der Waals surface area (Å²) in [6.07, 6.45) is 6.59. The molecule has 1 N–H and O–H groups in total. The molecule has 0 radical (unpaired) electrons. The maximum absolute atomic E-state index is 5.29. The van der Waals surface area contributed by atoms with Gasteiger partial charge >= 0.3 is 0 Å². The molecule has 0 saturated carbocycles. The van der Waals surface area contributed by atoms with E-state index in [0.717, 1.165) is 24.7 Å². The van der Waals surface area contributed by atoms with Crippen molar-refractivity contribution in [1.82, 2.24) is 10.2 Å². The molecule has 0 aromatic carbocycles. The molecule has 0 heterocycles. The van der Waals surface area contributed by atoms with Gasteiger partial charge in [0.25, 0.3) is 0 Å². The van der Waals surface area contributed by atoms with Crippen LogP contribution in [0.1, 0.15) is 52.9 Å². The molecule has 15 heavy (non-hydrogen) atoms. The van der Waals surface area contributed by atoms with Gasteiger partial charge in [-0.15, -0.1) is 0 Å². The van der Waals surface area contributed by atoms with Crippen LogP contribution in [-0.2, 0) is 0 Å². The van der Waals surface area contributed by atoms with Crippen LogP contribution in [0.4, 0.5) is 0 Å². The van der Waals surface area contributed by atoms with Crippen molar-refractivity contribution in [1.29, 1.82) is 0 Å². The Morgan fingerprint density at radius 1 is 1.00 bits per heavy atom. The molecular weight excluding hydrogens is 204 g/mol. The van der Waals surface area contributed by atoms with E-state index in [1.165, 1.54) is 32.1 Å². The SMILES string of the molecule is CCCCCCCNC(=S)N(CC)CC. The monoisotopic (exact) mass is 230 g/mol. The highest BCUT2D eigenvalue weighted by Crippen LogP contribution is 2.01. The van der Waals surface area contributed by atoms with Crippen molar-refractivity contribution >= 4 is 17.3 Å². The number of thiocarbonyl (C=S) groups is 1. The first-order chi connectivity index (χ1) is 7.26. The highest BCUT2D eigenvalue weighted by atomic mass is 32.1. The summed E-state index contributed by atoms with van der Waals surface area (Å²) in [5.41, 5.74) is 0. The van der Waals surface area contributed by atoms with E-state index in [4.69, 9.17) is 12.2 Å². The van der Waals surface area contributed by atoms with Gasteiger partial charge in [-0.1, -0.05) is 32.6 Å². The van der Waals surface area contributed by atoms with Crippen molar-refractivity contribution < 1.29 is 0 Å². The summed E-state index contributed by atoms with van der Waals surface area (Å²) in [6.45, 7) is 9.54. The van der Waals surface area contributed by atoms with Gasteiger partial charge in [0.2, 0.25) is 0 Å². The first kappa shape index (κ1) is 14.7. The molecule has 0 unspecified atom stereocenters. The lowest BCUT2D eigenvalue weighted by atomic mass is 10.1. The molecule has 0 aliphatic rings. The highest BCUT2D eigenvalue weighted by Gasteiger charge is 2.02. The van der Waals surface area contributed by atoms with Gasteiger partial charge in [-0.2, -0.15) is 0 Å². The Labute approximate surface area is 100 Å². The Morgan fingerprint density at radius 3 is 2.13 bits per heavy atom. The fourth-order valence-electron chi connectivity index (χ4n) is 1.55. The molecule has 3 heteroatoms. The summed E-state index contributed by atoms with van der Waals surface area (Å²) in [5.74, 6) is 0. The Morgan fingerprint density at radius 2 is 1.60 bits per heavy atom. The molecule has 0 rings (SSSR count). The molecule has 2 nitrogen and oxygen atoms in total. The van der Waals surface area contributed by atoms with Gasteiger partial charge in [0.05, 0.1) is 0 Å². The standard InChI is InChI=1S/C12H26N2S/c1-4-7-8-9-10-11-13-12(15)14(5-2)6-3/h4-11H2,1-3H3,(H,13,15). The molecule has 0 spiro atoms. The van der Waals surface area contributed by atoms with Gasteiger partial charge in [-0.3, -0.25) is 0 Å². The highest BCUT2D eigenvalue weighted by molar-refractivity contribution is 7.80.